The number of carbonyl (C=O) groups is 2. The van der Waals surface area contributed by atoms with Gasteiger partial charge in [-0.3, -0.25) is 37.2 Å². The van der Waals surface area contributed by atoms with Gasteiger partial charge in [-0.25, -0.2) is 18.7 Å². The van der Waals surface area contributed by atoms with Crippen molar-refractivity contribution in [1.82, 2.24) is 20.2 Å². The molecule has 0 saturated carbocycles. The monoisotopic (exact) mass is 752 g/mol. The van der Waals surface area contributed by atoms with Gasteiger partial charge in [-0.1, -0.05) is 0 Å². The van der Waals surface area contributed by atoms with E-state index in [0.717, 1.165) is 31.0 Å². The van der Waals surface area contributed by atoms with E-state index in [1.54, 1.807) is 0 Å². The van der Waals surface area contributed by atoms with E-state index in [1.165, 1.54) is 0 Å². The SMILES string of the molecule is COP(=O)(OCC1OC(n2ccc(=O)[nH]c2=O)C(O)C1O)OP(=O)(OC)O[C@@H]1OC(CO)[C@H](O)[C@H](O)C1NC(=O)CNC(=O)OCCCO. The summed E-state index contributed by atoms with van der Waals surface area (Å²) in [6.45, 7) is -2.97. The van der Waals surface area contributed by atoms with E-state index in [9.17, 15) is 53.8 Å². The van der Waals surface area contributed by atoms with Gasteiger partial charge in [-0.15, -0.1) is 0 Å². The Bertz CT molecular complexity index is 1480. The summed E-state index contributed by atoms with van der Waals surface area (Å²) >= 11 is 0. The van der Waals surface area contributed by atoms with Crippen molar-refractivity contribution in [2.45, 2.75) is 61.6 Å². The first kappa shape index (κ1) is 40.8. The maximum atomic E-state index is 13.5. The van der Waals surface area contributed by atoms with Crippen LogP contribution in [-0.2, 0) is 50.5 Å². The highest BCUT2D eigenvalue weighted by molar-refractivity contribution is 7.62. The molecule has 0 aromatic carbocycles. The van der Waals surface area contributed by atoms with Crippen LogP contribution in [0.1, 0.15) is 12.6 Å². The van der Waals surface area contributed by atoms with Gasteiger partial charge in [0.2, 0.25) is 5.91 Å². The van der Waals surface area contributed by atoms with Gasteiger partial charge in [-0.05, 0) is 0 Å². The number of hydrogen-bond donors (Lipinski definition) is 9. The lowest BCUT2D eigenvalue weighted by atomic mass is 9.97. The zero-order chi connectivity index (χ0) is 36.5. The number of phosphoric ester groups is 2. The Morgan fingerprint density at radius 3 is 2.27 bits per heavy atom. The first-order valence-electron chi connectivity index (χ1n) is 14.2. The summed E-state index contributed by atoms with van der Waals surface area (Å²) in [5.74, 6) is -1.02. The molecule has 1 aromatic heterocycles. The van der Waals surface area contributed by atoms with Crippen LogP contribution >= 0.6 is 15.6 Å². The highest BCUT2D eigenvalue weighted by atomic mass is 31.3. The number of aliphatic hydroxyl groups excluding tert-OH is 6. The molecule has 9 N–H and O–H groups in total. The highest BCUT2D eigenvalue weighted by Gasteiger charge is 2.51. The molecule has 0 radical (unpaired) electrons. The summed E-state index contributed by atoms with van der Waals surface area (Å²) in [7, 11) is -8.67. The standard InChI is InChI=1S/C23H38N4O20P2/c1-40-48(38,43-10-12-17(33)19(35)20(44-12)27-5-4-13(30)26-22(27)36)47-49(39,41-2)46-21-15(18(34)16(32)11(9-29)45-21)25-14(31)8-24-23(37)42-7-3-6-28/h4-5,11-12,15-21,28-29,32-35H,3,6-10H2,1-2H3,(H,24,37)(H,25,31)(H,26,30,36)/t11?,12?,15?,16-,17?,18+,19?,20?,21-,48?,49?/m0/s1. The molecule has 3 rings (SSSR count). The molecule has 3 heterocycles. The second-order valence-electron chi connectivity index (χ2n) is 10.2. The second kappa shape index (κ2) is 18.0. The summed E-state index contributed by atoms with van der Waals surface area (Å²) in [5, 5.41) is 64.4. The van der Waals surface area contributed by atoms with E-state index < -0.39 is 114 Å². The van der Waals surface area contributed by atoms with Crippen molar-refractivity contribution in [3.8, 4) is 0 Å². The Balaban J connectivity index is 1.71. The number of amides is 2. The van der Waals surface area contributed by atoms with Gasteiger partial charge in [0, 0.05) is 39.5 Å². The molecule has 24 nitrogen and oxygen atoms in total. The number of nitrogens with one attached hydrogen (secondary N) is 3. The van der Waals surface area contributed by atoms with Crippen LogP contribution in [0.5, 0.6) is 0 Å². The summed E-state index contributed by atoms with van der Waals surface area (Å²) in [6, 6.07) is -0.850. The Labute approximate surface area is 276 Å². The van der Waals surface area contributed by atoms with Crippen LogP contribution in [0.2, 0.25) is 0 Å². The fourth-order valence-corrected chi connectivity index (χ4v) is 7.15. The van der Waals surface area contributed by atoms with Gasteiger partial charge in [0.1, 0.15) is 49.2 Å². The molecule has 49 heavy (non-hydrogen) atoms. The maximum absolute atomic E-state index is 13.5. The van der Waals surface area contributed by atoms with E-state index in [0.29, 0.717) is 0 Å². The molecule has 2 saturated heterocycles. The Morgan fingerprint density at radius 2 is 1.65 bits per heavy atom. The fraction of sp³-hybridized carbons (Fsp3) is 0.739. The second-order valence-corrected chi connectivity index (χ2v) is 13.8. The first-order chi connectivity index (χ1) is 23.1. The molecule has 0 bridgehead atoms. The summed E-state index contributed by atoms with van der Waals surface area (Å²) in [4.78, 5) is 49.7. The zero-order valence-corrected chi connectivity index (χ0v) is 27.6. The molecule has 0 spiro atoms. The van der Waals surface area contributed by atoms with Crippen molar-refractivity contribution in [2.75, 3.05) is 47.2 Å². The van der Waals surface area contributed by atoms with Crippen molar-refractivity contribution >= 4 is 27.6 Å². The third-order valence-electron chi connectivity index (χ3n) is 6.88. The molecule has 26 heteroatoms. The van der Waals surface area contributed by atoms with Gasteiger partial charge in [0.15, 0.2) is 12.5 Å². The molecule has 2 fully saturated rings. The molecule has 8 unspecified atom stereocenters. The topological polar surface area (TPSA) is 342 Å². The summed E-state index contributed by atoms with van der Waals surface area (Å²) in [5.41, 5.74) is -1.73. The molecule has 11 atom stereocenters. The van der Waals surface area contributed by atoms with Crippen molar-refractivity contribution < 1.29 is 86.0 Å². The number of ether oxygens (including phenoxy) is 3. The molecule has 280 valence electrons. The minimum atomic E-state index is -5.18. The van der Waals surface area contributed by atoms with Crippen LogP contribution < -0.4 is 21.9 Å². The number of carbonyl (C=O) groups excluding carboxylic acids is 2. The lowest BCUT2D eigenvalue weighted by Crippen LogP contribution is -2.65. The summed E-state index contributed by atoms with van der Waals surface area (Å²) < 4.78 is 67.8. The average Bonchev–Trinajstić information content (AvgIpc) is 3.34. The van der Waals surface area contributed by atoms with Crippen LogP contribution in [0.15, 0.2) is 21.9 Å². The Kier molecular flexibility index (Phi) is 15.0. The van der Waals surface area contributed by atoms with E-state index in [-0.39, 0.29) is 19.6 Å². The number of aliphatic hydroxyl groups is 6. The average molecular weight is 753 g/mol. The van der Waals surface area contributed by atoms with E-state index in [2.05, 4.69) is 10.6 Å². The molecule has 0 aliphatic carbocycles. The van der Waals surface area contributed by atoms with Crippen LogP contribution in [0.3, 0.4) is 0 Å². The van der Waals surface area contributed by atoms with Crippen molar-refractivity contribution in [3.05, 3.63) is 33.1 Å². The lowest BCUT2D eigenvalue weighted by molar-refractivity contribution is -0.248. The van der Waals surface area contributed by atoms with Gasteiger partial charge in [0.25, 0.3) is 5.56 Å². The molecule has 1 aromatic rings. The van der Waals surface area contributed by atoms with Crippen LogP contribution in [0.4, 0.5) is 4.79 Å². The van der Waals surface area contributed by atoms with Gasteiger partial charge >= 0.3 is 27.4 Å². The molecule has 2 aliphatic heterocycles. The minimum absolute atomic E-state index is 0.136. The minimum Gasteiger partial charge on any atom is -0.449 e. The number of rotatable bonds is 17. The van der Waals surface area contributed by atoms with E-state index in [1.807, 2.05) is 4.98 Å². The number of phosphoric acid groups is 2. The number of nitrogens with zero attached hydrogens (tertiary/aromatic N) is 1. The third-order valence-corrected chi connectivity index (χ3v) is 10.3. The van der Waals surface area contributed by atoms with E-state index >= 15 is 0 Å². The van der Waals surface area contributed by atoms with Crippen molar-refractivity contribution in [3.63, 3.8) is 0 Å². The Hall–Kier alpha value is -2.64. The highest BCUT2D eigenvalue weighted by Crippen LogP contribution is 2.66. The number of H-pyrrole nitrogens is 1. The fourth-order valence-electron chi connectivity index (χ4n) is 4.34. The first-order valence-corrected chi connectivity index (χ1v) is 17.1. The molecular weight excluding hydrogens is 714 g/mol. The Morgan fingerprint density at radius 1 is 0.980 bits per heavy atom. The summed E-state index contributed by atoms with van der Waals surface area (Å²) in [6.07, 6.45) is -13.9. The van der Waals surface area contributed by atoms with Crippen LogP contribution in [0, 0.1) is 0 Å². The molecule has 2 amide bonds. The smallest absolute Gasteiger partial charge is 0.449 e. The predicted octanol–water partition coefficient (Wildman–Crippen LogP) is -4.25. The number of hydrogen-bond acceptors (Lipinski definition) is 20. The molecular formula is C23H38N4O20P2. The van der Waals surface area contributed by atoms with Crippen molar-refractivity contribution in [1.29, 1.82) is 0 Å². The van der Waals surface area contributed by atoms with Crippen molar-refractivity contribution in [2.24, 2.45) is 0 Å². The van der Waals surface area contributed by atoms with E-state index in [4.69, 9.17) is 41.7 Å². The van der Waals surface area contributed by atoms with Gasteiger partial charge in [-0.2, -0.15) is 4.31 Å². The van der Waals surface area contributed by atoms with Crippen LogP contribution in [0.25, 0.3) is 0 Å². The number of alkyl carbamates (subject to hydrolysis) is 1. The normalized spacial score (nSPS) is 31.0. The third kappa shape index (κ3) is 10.7. The lowest BCUT2D eigenvalue weighted by Gasteiger charge is -2.42. The van der Waals surface area contributed by atoms with Gasteiger partial charge < -0.3 is 55.5 Å². The number of aromatic amines is 1. The van der Waals surface area contributed by atoms with Gasteiger partial charge in [0.05, 0.1) is 19.8 Å². The largest absolute Gasteiger partial charge is 0.485 e. The van der Waals surface area contributed by atoms with Crippen LogP contribution in [-0.4, -0.2) is 148 Å². The maximum Gasteiger partial charge on any atom is 0.485 e. The zero-order valence-electron chi connectivity index (χ0n) is 25.8. The number of aromatic nitrogens is 2. The quantitative estimate of drug-likeness (QED) is 0.0537. The molecule has 2 aliphatic rings. The predicted molar refractivity (Wildman–Crippen MR) is 155 cm³/mol.